The van der Waals surface area contributed by atoms with Gasteiger partial charge in [0.05, 0.1) is 5.71 Å². The number of hydrazone groups is 1. The van der Waals surface area contributed by atoms with Crippen molar-refractivity contribution in [2.24, 2.45) is 11.0 Å². The van der Waals surface area contributed by atoms with Crippen molar-refractivity contribution in [3.63, 3.8) is 0 Å². The van der Waals surface area contributed by atoms with Crippen molar-refractivity contribution >= 4 is 23.2 Å². The van der Waals surface area contributed by atoms with Crippen LogP contribution in [0.4, 0.5) is 10.1 Å². The fourth-order valence-electron chi connectivity index (χ4n) is 2.28. The molecule has 1 aliphatic rings. The number of rotatable bonds is 5. The molecule has 0 saturated heterocycles. The molecule has 0 spiro atoms. The number of nitrogens with zero attached hydrogens (tertiary/aromatic N) is 1. The minimum atomic E-state index is -0.479. The van der Waals surface area contributed by atoms with E-state index in [0.29, 0.717) is 5.71 Å². The molecule has 128 valence electrons. The second-order valence-corrected chi connectivity index (χ2v) is 5.99. The Morgan fingerprint density at radius 1 is 1.08 bits per heavy atom. The van der Waals surface area contributed by atoms with Gasteiger partial charge in [0.2, 0.25) is 5.91 Å². The maximum absolute atomic E-state index is 13.1. The third kappa shape index (κ3) is 4.50. The molecule has 2 aromatic rings. The van der Waals surface area contributed by atoms with E-state index in [9.17, 15) is 14.0 Å². The topological polar surface area (TPSA) is 70.6 Å². The van der Waals surface area contributed by atoms with Crippen LogP contribution >= 0.6 is 0 Å². The third-order valence-corrected chi connectivity index (χ3v) is 3.93. The molecule has 0 aromatic heterocycles. The summed E-state index contributed by atoms with van der Waals surface area (Å²) in [5, 5.41) is 6.90. The largest absolute Gasteiger partial charge is 0.326 e. The normalized spacial score (nSPS) is 14.1. The van der Waals surface area contributed by atoms with Crippen LogP contribution in [-0.2, 0) is 4.79 Å². The van der Waals surface area contributed by atoms with Gasteiger partial charge in [0.15, 0.2) is 0 Å². The first-order valence-electron chi connectivity index (χ1n) is 8.04. The molecule has 3 rings (SSSR count). The van der Waals surface area contributed by atoms with Gasteiger partial charge in [-0.1, -0.05) is 18.2 Å². The van der Waals surface area contributed by atoms with E-state index in [-0.39, 0.29) is 17.4 Å². The molecule has 0 radical (unpaired) electrons. The molecule has 1 saturated carbocycles. The maximum atomic E-state index is 13.1. The van der Waals surface area contributed by atoms with Crippen molar-refractivity contribution < 1.29 is 14.0 Å². The van der Waals surface area contributed by atoms with E-state index in [4.69, 9.17) is 0 Å². The van der Waals surface area contributed by atoms with E-state index in [1.54, 1.807) is 19.1 Å². The van der Waals surface area contributed by atoms with Crippen LogP contribution < -0.4 is 10.7 Å². The van der Waals surface area contributed by atoms with Crippen LogP contribution in [0, 0.1) is 11.7 Å². The molecule has 2 amide bonds. The van der Waals surface area contributed by atoms with Gasteiger partial charge in [0, 0.05) is 17.2 Å². The van der Waals surface area contributed by atoms with Gasteiger partial charge >= 0.3 is 0 Å². The predicted molar refractivity (Wildman–Crippen MR) is 93.9 cm³/mol. The van der Waals surface area contributed by atoms with Crippen molar-refractivity contribution in [1.29, 1.82) is 0 Å². The minimum absolute atomic E-state index is 0.0560. The fourth-order valence-corrected chi connectivity index (χ4v) is 2.28. The summed E-state index contributed by atoms with van der Waals surface area (Å²) in [5.74, 6) is -0.745. The molecular formula is C19H18FN3O2. The van der Waals surface area contributed by atoms with Crippen LogP contribution in [0.15, 0.2) is 53.6 Å². The van der Waals surface area contributed by atoms with E-state index in [1.807, 2.05) is 12.1 Å². The van der Waals surface area contributed by atoms with Crippen LogP contribution in [0.25, 0.3) is 0 Å². The Labute approximate surface area is 144 Å². The van der Waals surface area contributed by atoms with Gasteiger partial charge in [-0.05, 0) is 55.7 Å². The van der Waals surface area contributed by atoms with Crippen LogP contribution in [0.5, 0.6) is 0 Å². The number of carbonyl (C=O) groups excluding carboxylic acids is 2. The van der Waals surface area contributed by atoms with Crippen molar-refractivity contribution in [3.8, 4) is 0 Å². The first-order valence-corrected chi connectivity index (χ1v) is 8.04. The van der Waals surface area contributed by atoms with Gasteiger partial charge < -0.3 is 5.32 Å². The van der Waals surface area contributed by atoms with E-state index >= 15 is 0 Å². The Hall–Kier alpha value is -3.02. The van der Waals surface area contributed by atoms with E-state index in [2.05, 4.69) is 15.8 Å². The minimum Gasteiger partial charge on any atom is -0.326 e. The molecule has 0 unspecified atom stereocenters. The summed E-state index contributed by atoms with van der Waals surface area (Å²) in [6.45, 7) is 1.75. The summed E-state index contributed by atoms with van der Waals surface area (Å²) in [5.41, 5.74) is 4.75. The Bertz CT molecular complexity index is 827. The number of hydrogen-bond donors (Lipinski definition) is 2. The Morgan fingerprint density at radius 2 is 1.80 bits per heavy atom. The smallest absolute Gasteiger partial charge is 0.271 e. The highest BCUT2D eigenvalue weighted by Gasteiger charge is 2.29. The van der Waals surface area contributed by atoms with Crippen LogP contribution in [-0.4, -0.2) is 17.5 Å². The molecule has 2 N–H and O–H groups in total. The van der Waals surface area contributed by atoms with E-state index < -0.39 is 11.7 Å². The quantitative estimate of drug-likeness (QED) is 0.648. The SMILES string of the molecule is CC(=NNC(=O)c1cccc(F)c1)c1ccc(NC(=O)C2CC2)cc1. The molecule has 25 heavy (non-hydrogen) atoms. The highest BCUT2D eigenvalue weighted by molar-refractivity contribution is 6.01. The van der Waals surface area contributed by atoms with Crippen molar-refractivity contribution in [2.45, 2.75) is 19.8 Å². The molecule has 0 heterocycles. The monoisotopic (exact) mass is 339 g/mol. The Balaban J connectivity index is 1.61. The number of halogens is 1. The first kappa shape index (κ1) is 16.8. The lowest BCUT2D eigenvalue weighted by Crippen LogP contribution is -2.19. The summed E-state index contributed by atoms with van der Waals surface area (Å²) < 4.78 is 13.1. The van der Waals surface area contributed by atoms with Gasteiger partial charge in [0.25, 0.3) is 5.91 Å². The van der Waals surface area contributed by atoms with Crippen molar-refractivity contribution in [2.75, 3.05) is 5.32 Å². The molecule has 5 nitrogen and oxygen atoms in total. The lowest BCUT2D eigenvalue weighted by molar-refractivity contribution is -0.117. The van der Waals surface area contributed by atoms with Gasteiger partial charge in [0.1, 0.15) is 5.82 Å². The third-order valence-electron chi connectivity index (χ3n) is 3.93. The van der Waals surface area contributed by atoms with Gasteiger partial charge in [-0.2, -0.15) is 5.10 Å². The highest BCUT2D eigenvalue weighted by atomic mass is 19.1. The molecule has 0 bridgehead atoms. The summed E-state index contributed by atoms with van der Waals surface area (Å²) in [6.07, 6.45) is 1.92. The highest BCUT2D eigenvalue weighted by Crippen LogP contribution is 2.30. The van der Waals surface area contributed by atoms with Gasteiger partial charge in [-0.15, -0.1) is 0 Å². The number of benzene rings is 2. The molecule has 1 aliphatic carbocycles. The standard InChI is InChI=1S/C19H18FN3O2/c1-12(22-23-19(25)15-3-2-4-16(20)11-15)13-7-9-17(10-8-13)21-18(24)14-5-6-14/h2-4,7-11,14H,5-6H2,1H3,(H,21,24)(H,23,25). The molecule has 6 heteroatoms. The van der Waals surface area contributed by atoms with Gasteiger partial charge in [-0.25, -0.2) is 9.82 Å². The summed E-state index contributed by atoms with van der Waals surface area (Å²) >= 11 is 0. The number of nitrogens with one attached hydrogen (secondary N) is 2. The van der Waals surface area contributed by atoms with Crippen LogP contribution in [0.1, 0.15) is 35.7 Å². The first-order chi connectivity index (χ1) is 12.0. The zero-order valence-electron chi connectivity index (χ0n) is 13.8. The lowest BCUT2D eigenvalue weighted by Gasteiger charge is -2.06. The molecule has 2 aromatic carbocycles. The lowest BCUT2D eigenvalue weighted by atomic mass is 10.1. The predicted octanol–water partition coefficient (Wildman–Crippen LogP) is 3.33. The van der Waals surface area contributed by atoms with E-state index in [0.717, 1.165) is 30.2 Å². The second kappa shape index (κ2) is 7.25. The van der Waals surface area contributed by atoms with Crippen LogP contribution in [0.3, 0.4) is 0 Å². The number of carbonyl (C=O) groups is 2. The Morgan fingerprint density at radius 3 is 2.44 bits per heavy atom. The zero-order chi connectivity index (χ0) is 17.8. The number of hydrogen-bond acceptors (Lipinski definition) is 3. The number of anilines is 1. The van der Waals surface area contributed by atoms with E-state index in [1.165, 1.54) is 18.2 Å². The second-order valence-electron chi connectivity index (χ2n) is 5.99. The molecular weight excluding hydrogens is 321 g/mol. The summed E-state index contributed by atoms with van der Waals surface area (Å²) in [7, 11) is 0. The summed E-state index contributed by atoms with van der Waals surface area (Å²) in [6, 6.07) is 12.6. The molecule has 0 aliphatic heterocycles. The van der Waals surface area contributed by atoms with Crippen molar-refractivity contribution in [1.82, 2.24) is 5.43 Å². The van der Waals surface area contributed by atoms with Gasteiger partial charge in [-0.3, -0.25) is 9.59 Å². The fraction of sp³-hybridized carbons (Fsp3) is 0.211. The van der Waals surface area contributed by atoms with Crippen molar-refractivity contribution in [3.05, 3.63) is 65.5 Å². The number of amides is 2. The molecule has 0 atom stereocenters. The summed E-state index contributed by atoms with van der Waals surface area (Å²) in [4.78, 5) is 23.7. The average molecular weight is 339 g/mol. The zero-order valence-corrected chi connectivity index (χ0v) is 13.8. The van der Waals surface area contributed by atoms with Crippen LogP contribution in [0.2, 0.25) is 0 Å². The average Bonchev–Trinajstić information content (AvgIpc) is 3.45. The maximum Gasteiger partial charge on any atom is 0.271 e. The Kier molecular flexibility index (Phi) is 4.88. The molecule has 1 fully saturated rings.